The lowest BCUT2D eigenvalue weighted by atomic mass is 9.97. The zero-order chi connectivity index (χ0) is 12.6. The molecule has 18 heavy (non-hydrogen) atoms. The highest BCUT2D eigenvalue weighted by Crippen LogP contribution is 2.50. The Labute approximate surface area is 106 Å². The van der Waals surface area contributed by atoms with Gasteiger partial charge < -0.3 is 5.32 Å². The Bertz CT molecular complexity index is 521. The predicted octanol–water partition coefficient (Wildman–Crippen LogP) is 3.44. The van der Waals surface area contributed by atoms with Crippen LogP contribution in [0.1, 0.15) is 30.4 Å². The summed E-state index contributed by atoms with van der Waals surface area (Å²) in [6.45, 7) is 0.977. The first kappa shape index (κ1) is 11.5. The molecule has 0 bridgehead atoms. The van der Waals surface area contributed by atoms with Crippen molar-refractivity contribution in [1.82, 2.24) is 0 Å². The van der Waals surface area contributed by atoms with Crippen LogP contribution in [0, 0.1) is 17.3 Å². The molecule has 0 atom stereocenters. The van der Waals surface area contributed by atoms with E-state index in [0.29, 0.717) is 12.8 Å². The second kappa shape index (κ2) is 4.28. The van der Waals surface area contributed by atoms with E-state index in [2.05, 4.69) is 17.2 Å². The normalized spacial score (nSPS) is 19.5. The number of rotatable bonds is 1. The predicted molar refractivity (Wildman–Crippen MR) is 67.8 cm³/mol. The molecule has 1 aliphatic carbocycles. The Hall–Kier alpha value is -1.56. The van der Waals surface area contributed by atoms with Gasteiger partial charge in [0, 0.05) is 17.8 Å². The first-order valence-electron chi connectivity index (χ1n) is 6.38. The summed E-state index contributed by atoms with van der Waals surface area (Å²) in [5, 5.41) is 3.32. The zero-order valence-electron chi connectivity index (χ0n) is 10.1. The Morgan fingerprint density at radius 3 is 2.83 bits per heavy atom. The van der Waals surface area contributed by atoms with Crippen molar-refractivity contribution in [2.24, 2.45) is 5.41 Å². The average Bonchev–Trinajstić information content (AvgIpc) is 3.17. The topological polar surface area (TPSA) is 12.0 Å². The van der Waals surface area contributed by atoms with Gasteiger partial charge >= 0.3 is 0 Å². The summed E-state index contributed by atoms with van der Waals surface area (Å²) >= 11 is 0. The van der Waals surface area contributed by atoms with E-state index in [4.69, 9.17) is 0 Å². The maximum Gasteiger partial charge on any atom is 0.254 e. The van der Waals surface area contributed by atoms with Crippen LogP contribution in [0.3, 0.4) is 0 Å². The van der Waals surface area contributed by atoms with Gasteiger partial charge in [-0.25, -0.2) is 8.78 Å². The number of anilines is 1. The van der Waals surface area contributed by atoms with Crippen molar-refractivity contribution >= 4 is 5.69 Å². The quantitative estimate of drug-likeness (QED) is 0.750. The highest BCUT2D eigenvalue weighted by Gasteiger charge is 2.49. The van der Waals surface area contributed by atoms with Crippen LogP contribution in [0.4, 0.5) is 14.5 Å². The summed E-state index contributed by atoms with van der Waals surface area (Å²) < 4.78 is 25.6. The van der Waals surface area contributed by atoms with Gasteiger partial charge in [-0.1, -0.05) is 17.9 Å². The van der Waals surface area contributed by atoms with Crippen molar-refractivity contribution in [3.05, 3.63) is 29.3 Å². The minimum Gasteiger partial charge on any atom is -0.385 e. The molecule has 0 saturated heterocycles. The molecule has 1 aliphatic heterocycles. The summed E-state index contributed by atoms with van der Waals surface area (Å²) in [4.78, 5) is 0. The minimum absolute atomic E-state index is 0.533. The number of nitrogens with one attached hydrogen (secondary N) is 1. The molecule has 1 nitrogen and oxygen atoms in total. The molecule has 0 unspecified atom stereocenters. The molecule has 1 aromatic rings. The van der Waals surface area contributed by atoms with E-state index in [1.165, 1.54) is 5.56 Å². The van der Waals surface area contributed by atoms with Gasteiger partial charge in [0.25, 0.3) is 6.43 Å². The zero-order valence-corrected chi connectivity index (χ0v) is 10.1. The largest absolute Gasteiger partial charge is 0.385 e. The van der Waals surface area contributed by atoms with Gasteiger partial charge in [0.1, 0.15) is 0 Å². The molecule has 1 saturated carbocycles. The van der Waals surface area contributed by atoms with Crippen molar-refractivity contribution in [3.8, 4) is 11.8 Å². The van der Waals surface area contributed by atoms with E-state index < -0.39 is 11.8 Å². The van der Waals surface area contributed by atoms with Crippen molar-refractivity contribution < 1.29 is 8.78 Å². The van der Waals surface area contributed by atoms with Crippen molar-refractivity contribution in [2.45, 2.75) is 32.1 Å². The maximum absolute atomic E-state index is 12.8. The van der Waals surface area contributed by atoms with E-state index in [1.807, 2.05) is 18.2 Å². The Morgan fingerprint density at radius 2 is 2.11 bits per heavy atom. The van der Waals surface area contributed by atoms with E-state index in [9.17, 15) is 8.78 Å². The van der Waals surface area contributed by atoms with Crippen LogP contribution in [0.5, 0.6) is 0 Å². The van der Waals surface area contributed by atoms with Crippen LogP contribution in [0.25, 0.3) is 0 Å². The maximum atomic E-state index is 12.8. The fourth-order valence-electron chi connectivity index (χ4n) is 2.35. The lowest BCUT2D eigenvalue weighted by Gasteiger charge is -2.19. The Balaban J connectivity index is 1.92. The van der Waals surface area contributed by atoms with E-state index in [1.54, 1.807) is 0 Å². The van der Waals surface area contributed by atoms with Gasteiger partial charge in [-0.2, -0.15) is 0 Å². The van der Waals surface area contributed by atoms with Crippen LogP contribution in [0.2, 0.25) is 0 Å². The summed E-state index contributed by atoms with van der Waals surface area (Å²) in [5.74, 6) is 5.80. The fraction of sp³-hybridized carbons (Fsp3) is 0.467. The Kier molecular flexibility index (Phi) is 2.74. The fourth-order valence-corrected chi connectivity index (χ4v) is 2.35. The van der Waals surface area contributed by atoms with Gasteiger partial charge in [-0.05, 0) is 43.4 Å². The van der Waals surface area contributed by atoms with E-state index >= 15 is 0 Å². The second-order valence-corrected chi connectivity index (χ2v) is 5.07. The van der Waals surface area contributed by atoms with Crippen molar-refractivity contribution in [1.29, 1.82) is 0 Å². The molecule has 2 aliphatic rings. The van der Waals surface area contributed by atoms with Gasteiger partial charge in [0.15, 0.2) is 0 Å². The van der Waals surface area contributed by atoms with Crippen LogP contribution >= 0.6 is 0 Å². The first-order chi connectivity index (χ1) is 8.71. The van der Waals surface area contributed by atoms with Crippen LogP contribution in [0.15, 0.2) is 18.2 Å². The third kappa shape index (κ3) is 1.96. The molecule has 1 heterocycles. The molecule has 94 valence electrons. The smallest absolute Gasteiger partial charge is 0.254 e. The van der Waals surface area contributed by atoms with Gasteiger partial charge in [-0.3, -0.25) is 0 Å². The molecule has 0 aromatic heterocycles. The molecular weight excluding hydrogens is 232 g/mol. The number of hydrogen-bond acceptors (Lipinski definition) is 1. The monoisotopic (exact) mass is 247 g/mol. The second-order valence-electron chi connectivity index (χ2n) is 5.07. The van der Waals surface area contributed by atoms with E-state index in [-0.39, 0.29) is 0 Å². The molecule has 1 N–H and O–H groups in total. The number of halogens is 2. The van der Waals surface area contributed by atoms with Crippen molar-refractivity contribution in [2.75, 3.05) is 11.9 Å². The molecule has 0 amide bonds. The highest BCUT2D eigenvalue weighted by atomic mass is 19.3. The first-order valence-corrected chi connectivity index (χ1v) is 6.38. The third-order valence-corrected chi connectivity index (χ3v) is 3.75. The van der Waals surface area contributed by atoms with E-state index in [0.717, 1.165) is 30.6 Å². The van der Waals surface area contributed by atoms with Gasteiger partial charge in [0.2, 0.25) is 0 Å². The molecule has 3 heteroatoms. The van der Waals surface area contributed by atoms with Crippen LogP contribution < -0.4 is 5.32 Å². The molecule has 0 spiro atoms. The number of fused-ring (bicyclic) bond motifs is 1. The third-order valence-electron chi connectivity index (χ3n) is 3.75. The van der Waals surface area contributed by atoms with Crippen LogP contribution in [-0.2, 0) is 6.42 Å². The highest BCUT2D eigenvalue weighted by molar-refractivity contribution is 5.60. The van der Waals surface area contributed by atoms with Gasteiger partial charge in [0.05, 0.1) is 5.41 Å². The lowest BCUT2D eigenvalue weighted by Crippen LogP contribution is -2.13. The minimum atomic E-state index is -2.32. The molecule has 3 rings (SSSR count). The molecule has 0 radical (unpaired) electrons. The van der Waals surface area contributed by atoms with Crippen LogP contribution in [-0.4, -0.2) is 13.0 Å². The number of hydrogen-bond donors (Lipinski definition) is 1. The average molecular weight is 247 g/mol. The standard InChI is InChI=1S/C15H15F2N/c16-14(17)15(8-9-15)7-6-11-3-1-5-13-12(11)4-2-10-18-13/h1,3,5,14,18H,2,4,8-10H2. The SMILES string of the molecule is FC(F)C1(C#Cc2cccc3c2CCCN3)CC1. The number of benzene rings is 1. The van der Waals surface area contributed by atoms with Crippen molar-refractivity contribution in [3.63, 3.8) is 0 Å². The molecule has 1 aromatic carbocycles. The molecule has 1 fully saturated rings. The van der Waals surface area contributed by atoms with Gasteiger partial charge in [-0.15, -0.1) is 0 Å². The number of alkyl halides is 2. The lowest BCUT2D eigenvalue weighted by molar-refractivity contribution is 0.0921. The summed E-state index contributed by atoms with van der Waals surface area (Å²) in [6, 6.07) is 5.89. The summed E-state index contributed by atoms with van der Waals surface area (Å²) in [7, 11) is 0. The molecular formula is C15H15F2N. The summed E-state index contributed by atoms with van der Waals surface area (Å²) in [5.41, 5.74) is 2.19. The Morgan fingerprint density at radius 1 is 1.28 bits per heavy atom. The summed E-state index contributed by atoms with van der Waals surface area (Å²) in [6.07, 6.45) is 0.804.